The van der Waals surface area contributed by atoms with Crippen molar-refractivity contribution in [3.8, 4) is 11.5 Å². The number of nitrogens with one attached hydrogen (secondary N) is 1. The molecular weight excluding hydrogens is 530 g/mol. The highest BCUT2D eigenvalue weighted by molar-refractivity contribution is 5.88. The SMILES string of the molecule is C=CC(=O)N1CCC2(CCN(c3ccc4ncnc(Nc5ccc(Oc6ccc7c(c6)nnn7C)c(C)c5)c4n3)C2)C1. The monoisotopic (exact) mass is 561 g/mol. The highest BCUT2D eigenvalue weighted by atomic mass is 16.5. The highest BCUT2D eigenvalue weighted by Crippen LogP contribution is 2.41. The summed E-state index contributed by atoms with van der Waals surface area (Å²) < 4.78 is 7.90. The van der Waals surface area contributed by atoms with Crippen LogP contribution in [0.3, 0.4) is 0 Å². The minimum atomic E-state index is 0.0142. The van der Waals surface area contributed by atoms with Gasteiger partial charge in [0.05, 0.1) is 11.0 Å². The van der Waals surface area contributed by atoms with Crippen molar-refractivity contribution in [2.75, 3.05) is 36.4 Å². The minimum Gasteiger partial charge on any atom is -0.457 e. The predicted molar refractivity (Wildman–Crippen MR) is 161 cm³/mol. The number of aromatic nitrogens is 6. The molecule has 0 bridgehead atoms. The third-order valence-electron chi connectivity index (χ3n) is 8.40. The Labute approximate surface area is 242 Å². The molecular formula is C31H31N9O2. The largest absolute Gasteiger partial charge is 0.457 e. The van der Waals surface area contributed by atoms with E-state index in [0.717, 1.165) is 78.4 Å². The van der Waals surface area contributed by atoms with Crippen molar-refractivity contribution in [2.24, 2.45) is 12.5 Å². The Morgan fingerprint density at radius 3 is 2.79 bits per heavy atom. The van der Waals surface area contributed by atoms with Gasteiger partial charge in [-0.25, -0.2) is 19.6 Å². The van der Waals surface area contributed by atoms with Crippen LogP contribution in [0.5, 0.6) is 11.5 Å². The fourth-order valence-electron chi connectivity index (χ4n) is 6.10. The van der Waals surface area contributed by atoms with Crippen molar-refractivity contribution >= 4 is 45.3 Å². The van der Waals surface area contributed by atoms with Crippen molar-refractivity contribution in [1.82, 2.24) is 34.8 Å². The van der Waals surface area contributed by atoms with E-state index in [-0.39, 0.29) is 11.3 Å². The van der Waals surface area contributed by atoms with Gasteiger partial charge in [0.15, 0.2) is 5.82 Å². The van der Waals surface area contributed by atoms with E-state index in [4.69, 9.17) is 9.72 Å². The van der Waals surface area contributed by atoms with Gasteiger partial charge in [-0.05, 0) is 73.9 Å². The van der Waals surface area contributed by atoms with Crippen LogP contribution in [0, 0.1) is 12.3 Å². The Kier molecular flexibility index (Phi) is 6.22. The number of fused-ring (bicyclic) bond motifs is 2. The van der Waals surface area contributed by atoms with E-state index in [1.807, 2.05) is 67.4 Å². The third-order valence-corrected chi connectivity index (χ3v) is 8.40. The van der Waals surface area contributed by atoms with Crippen LogP contribution in [0.4, 0.5) is 17.3 Å². The molecule has 2 aliphatic heterocycles. The first kappa shape index (κ1) is 25.9. The van der Waals surface area contributed by atoms with Gasteiger partial charge >= 0.3 is 0 Å². The maximum atomic E-state index is 12.2. The number of benzene rings is 2. The van der Waals surface area contributed by atoms with E-state index >= 15 is 0 Å². The Morgan fingerprint density at radius 2 is 1.93 bits per heavy atom. The van der Waals surface area contributed by atoms with Crippen molar-refractivity contribution in [2.45, 2.75) is 19.8 Å². The summed E-state index contributed by atoms with van der Waals surface area (Å²) in [5.41, 5.74) is 5.15. The van der Waals surface area contributed by atoms with Gasteiger partial charge in [0.25, 0.3) is 0 Å². The fourth-order valence-corrected chi connectivity index (χ4v) is 6.10. The molecule has 0 radical (unpaired) electrons. The normalized spacial score (nSPS) is 18.3. The zero-order valence-electron chi connectivity index (χ0n) is 23.6. The average Bonchev–Trinajstić information content (AvgIpc) is 3.73. The first-order valence-corrected chi connectivity index (χ1v) is 14.0. The second-order valence-electron chi connectivity index (χ2n) is 11.2. The Morgan fingerprint density at radius 1 is 1.05 bits per heavy atom. The first-order chi connectivity index (χ1) is 20.4. The number of aryl methyl sites for hydroxylation is 2. The summed E-state index contributed by atoms with van der Waals surface area (Å²) in [7, 11) is 1.86. The molecule has 5 aromatic rings. The van der Waals surface area contributed by atoms with Crippen LogP contribution in [0.1, 0.15) is 18.4 Å². The van der Waals surface area contributed by atoms with Crippen molar-refractivity contribution in [1.29, 1.82) is 0 Å². The van der Waals surface area contributed by atoms with Gasteiger partial charge in [-0.3, -0.25) is 4.79 Å². The van der Waals surface area contributed by atoms with Crippen LogP contribution in [-0.2, 0) is 11.8 Å². The number of likely N-dealkylation sites (tertiary alicyclic amines) is 1. The van der Waals surface area contributed by atoms with Crippen LogP contribution in [0.2, 0.25) is 0 Å². The maximum absolute atomic E-state index is 12.2. The molecule has 7 rings (SSSR count). The lowest BCUT2D eigenvalue weighted by atomic mass is 9.86. The van der Waals surface area contributed by atoms with Crippen LogP contribution in [-0.4, -0.2) is 66.9 Å². The number of hydrogen-bond donors (Lipinski definition) is 1. The van der Waals surface area contributed by atoms with Gasteiger partial charge in [-0.15, -0.1) is 5.10 Å². The molecule has 1 spiro atoms. The van der Waals surface area contributed by atoms with E-state index in [2.05, 4.69) is 37.1 Å². The number of hydrogen-bond acceptors (Lipinski definition) is 9. The maximum Gasteiger partial charge on any atom is 0.245 e. The number of rotatable bonds is 6. The van der Waals surface area contributed by atoms with Crippen LogP contribution in [0.25, 0.3) is 22.1 Å². The van der Waals surface area contributed by atoms with Gasteiger partial charge in [0, 0.05) is 50.4 Å². The first-order valence-electron chi connectivity index (χ1n) is 14.0. The second-order valence-corrected chi connectivity index (χ2v) is 11.2. The van der Waals surface area contributed by atoms with Crippen LogP contribution < -0.4 is 15.0 Å². The molecule has 11 nitrogen and oxygen atoms in total. The fraction of sp³-hybridized carbons (Fsp3) is 0.290. The molecule has 42 heavy (non-hydrogen) atoms. The lowest BCUT2D eigenvalue weighted by Crippen LogP contribution is -2.33. The molecule has 2 fully saturated rings. The summed E-state index contributed by atoms with van der Waals surface area (Å²) in [4.78, 5) is 30.4. The van der Waals surface area contributed by atoms with Crippen molar-refractivity contribution < 1.29 is 9.53 Å². The quantitative estimate of drug-likeness (QED) is 0.293. The number of amides is 1. The third kappa shape index (κ3) is 4.66. The summed E-state index contributed by atoms with van der Waals surface area (Å²) in [6.45, 7) is 8.97. The van der Waals surface area contributed by atoms with Crippen molar-refractivity contribution in [3.63, 3.8) is 0 Å². The van der Waals surface area contributed by atoms with Crippen molar-refractivity contribution in [3.05, 3.63) is 73.1 Å². The molecule has 3 aromatic heterocycles. The predicted octanol–water partition coefficient (Wildman–Crippen LogP) is 4.77. The van der Waals surface area contributed by atoms with E-state index in [1.165, 1.54) is 6.08 Å². The summed E-state index contributed by atoms with van der Waals surface area (Å²) in [5, 5.41) is 11.7. The molecule has 0 aliphatic carbocycles. The number of ether oxygens (including phenoxy) is 1. The lowest BCUT2D eigenvalue weighted by molar-refractivity contribution is -0.125. The second kappa shape index (κ2) is 10.1. The highest BCUT2D eigenvalue weighted by Gasteiger charge is 2.44. The van der Waals surface area contributed by atoms with Gasteiger partial charge in [-0.1, -0.05) is 11.8 Å². The standard InChI is InChI=1S/C31H31N9O2/c1-4-28(41)40-14-12-31(18-40)11-13-39(17-31)27-10-7-23-29(35-27)30(33-19-32-23)34-21-5-9-26(20(2)15-21)42-22-6-8-25-24(16-22)36-37-38(25)3/h4-10,15-16,19H,1,11-14,17-18H2,2-3H3,(H,32,33,34). The average molecular weight is 562 g/mol. The summed E-state index contributed by atoms with van der Waals surface area (Å²) >= 11 is 0. The van der Waals surface area contributed by atoms with Crippen LogP contribution in [0.15, 0.2) is 67.5 Å². The molecule has 5 heterocycles. The Bertz CT molecular complexity index is 1850. The number of nitrogens with zero attached hydrogens (tertiary/aromatic N) is 8. The molecule has 1 atom stereocenters. The number of carbonyl (C=O) groups is 1. The molecule has 1 unspecified atom stereocenters. The van der Waals surface area contributed by atoms with Crippen LogP contribution >= 0.6 is 0 Å². The summed E-state index contributed by atoms with van der Waals surface area (Å²) in [6.07, 6.45) is 4.99. The Hall–Kier alpha value is -5.06. The zero-order valence-corrected chi connectivity index (χ0v) is 23.6. The lowest BCUT2D eigenvalue weighted by Gasteiger charge is -2.25. The molecule has 2 saturated heterocycles. The van der Waals surface area contributed by atoms with Gasteiger partial charge < -0.3 is 19.9 Å². The number of carbonyl (C=O) groups excluding carboxylic acids is 1. The number of anilines is 3. The summed E-state index contributed by atoms with van der Waals surface area (Å²) in [6, 6.07) is 15.7. The summed E-state index contributed by atoms with van der Waals surface area (Å²) in [5.74, 6) is 3.00. The molecule has 2 aromatic carbocycles. The van der Waals surface area contributed by atoms with E-state index in [9.17, 15) is 4.79 Å². The topological polar surface area (TPSA) is 114 Å². The van der Waals surface area contributed by atoms with E-state index in [1.54, 1.807) is 11.0 Å². The van der Waals surface area contributed by atoms with Gasteiger partial charge in [0.1, 0.15) is 34.7 Å². The zero-order chi connectivity index (χ0) is 28.8. The Balaban J connectivity index is 1.09. The molecule has 11 heteroatoms. The van der Waals surface area contributed by atoms with E-state index in [0.29, 0.717) is 17.1 Å². The molecule has 1 amide bonds. The minimum absolute atomic E-state index is 0.0142. The number of pyridine rings is 1. The molecule has 0 saturated carbocycles. The molecule has 2 aliphatic rings. The van der Waals surface area contributed by atoms with E-state index < -0.39 is 0 Å². The van der Waals surface area contributed by atoms with Gasteiger partial charge in [0.2, 0.25) is 5.91 Å². The van der Waals surface area contributed by atoms with Gasteiger partial charge in [-0.2, -0.15) is 0 Å². The molecule has 1 N–H and O–H groups in total. The molecule has 212 valence electrons. The smallest absolute Gasteiger partial charge is 0.245 e.